The van der Waals surface area contributed by atoms with Crippen LogP contribution in [0.3, 0.4) is 0 Å². The molecule has 3 rings (SSSR count). The number of hydrogen-bond acceptors (Lipinski definition) is 2. The van der Waals surface area contributed by atoms with Crippen LogP contribution in [0.1, 0.15) is 0 Å². The molecule has 2 aromatic carbocycles. The van der Waals surface area contributed by atoms with Crippen LogP contribution < -0.4 is 5.73 Å². The summed E-state index contributed by atoms with van der Waals surface area (Å²) in [5.74, 6) is 0. The van der Waals surface area contributed by atoms with Crippen molar-refractivity contribution >= 4 is 22.3 Å². The number of nitrogens with two attached hydrogens (primary N) is 1. The lowest BCUT2D eigenvalue weighted by Gasteiger charge is -1.97. The van der Waals surface area contributed by atoms with Gasteiger partial charge in [0.2, 0.25) is 0 Å². The average Bonchev–Trinajstić information content (AvgIpc) is 2.82. The van der Waals surface area contributed by atoms with Gasteiger partial charge < -0.3 is 10.7 Å². The molecule has 0 atom stereocenters. The molecule has 0 fully saturated rings. The quantitative estimate of drug-likeness (QED) is 0.542. The third-order valence-electron chi connectivity index (χ3n) is 3.19. The molecule has 0 radical (unpaired) electrons. The van der Waals surface area contributed by atoms with Crippen molar-refractivity contribution in [2.75, 3.05) is 12.8 Å². The molecule has 0 bridgehead atoms. The fraction of sp³-hybridized carbons (Fsp3) is 0.0667. The molecule has 1 heterocycles. The van der Waals surface area contributed by atoms with Crippen LogP contribution in [-0.4, -0.2) is 16.8 Å². The minimum atomic E-state index is 0.637. The molecule has 0 aliphatic carbocycles. The molecule has 0 aliphatic heterocycles. The van der Waals surface area contributed by atoms with Gasteiger partial charge in [-0.2, -0.15) is 0 Å². The molecule has 0 saturated carbocycles. The molecular weight excluding hydrogens is 238 g/mol. The fourth-order valence-electron chi connectivity index (χ4n) is 2.13. The molecule has 0 saturated heterocycles. The number of fused-ring (bicyclic) bond motifs is 1. The van der Waals surface area contributed by atoms with E-state index in [1.807, 2.05) is 42.5 Å². The van der Waals surface area contributed by atoms with Gasteiger partial charge in [0.25, 0.3) is 5.69 Å². The van der Waals surface area contributed by atoms with Crippen molar-refractivity contribution < 1.29 is 4.76 Å². The average molecular weight is 252 g/mol. The number of nitrogens with one attached hydrogen (secondary N) is 1. The Labute approximate surface area is 110 Å². The highest BCUT2D eigenvalue weighted by atomic mass is 16.3. The lowest BCUT2D eigenvalue weighted by molar-refractivity contribution is -0.428. The fourth-order valence-corrected chi connectivity index (χ4v) is 2.13. The number of nitrogens with zero attached hydrogens (tertiary/aromatic N) is 1. The van der Waals surface area contributed by atoms with E-state index in [4.69, 9.17) is 5.73 Å². The highest BCUT2D eigenvalue weighted by Crippen LogP contribution is 2.27. The van der Waals surface area contributed by atoms with E-state index in [0.717, 1.165) is 32.6 Å². The van der Waals surface area contributed by atoms with E-state index < -0.39 is 0 Å². The summed E-state index contributed by atoms with van der Waals surface area (Å²) in [5, 5.41) is 1.08. The normalized spacial score (nSPS) is 10.8. The number of aromatic nitrogens is 1. The van der Waals surface area contributed by atoms with E-state index in [1.165, 1.54) is 7.05 Å². The smallest absolute Gasteiger partial charge is 0.257 e. The van der Waals surface area contributed by atoms with E-state index in [9.17, 15) is 4.91 Å². The van der Waals surface area contributed by atoms with Crippen LogP contribution in [-0.2, 0) is 0 Å². The molecule has 4 nitrogen and oxygen atoms in total. The van der Waals surface area contributed by atoms with Crippen LogP contribution in [0.25, 0.3) is 22.2 Å². The maximum atomic E-state index is 11.3. The summed E-state index contributed by atoms with van der Waals surface area (Å²) in [6, 6.07) is 15.4. The Morgan fingerprint density at radius 2 is 1.79 bits per heavy atom. The van der Waals surface area contributed by atoms with Gasteiger partial charge >= 0.3 is 0 Å². The van der Waals surface area contributed by atoms with Gasteiger partial charge in [0.1, 0.15) is 0 Å². The Hall–Kier alpha value is -2.62. The number of nitroso groups, excluding NO2 is 1. The number of aromatic amines is 1. The third kappa shape index (κ3) is 2.08. The maximum absolute atomic E-state index is 11.3. The van der Waals surface area contributed by atoms with Crippen molar-refractivity contribution in [3.8, 4) is 11.3 Å². The van der Waals surface area contributed by atoms with Crippen molar-refractivity contribution in [3.63, 3.8) is 0 Å². The molecule has 0 unspecified atom stereocenters. The zero-order chi connectivity index (χ0) is 13.4. The second-order valence-electron chi connectivity index (χ2n) is 4.57. The van der Waals surface area contributed by atoms with E-state index in [2.05, 4.69) is 11.1 Å². The standard InChI is InChI=1S/C15H14N3O/c1-18(19)13-7-4-11-8-14(17-15(11)9-13)10-2-5-12(16)6-3-10/h2-9,17H,16H2,1H3/q+1. The van der Waals surface area contributed by atoms with Gasteiger partial charge in [0.05, 0.1) is 5.52 Å². The number of H-pyrrole nitrogens is 1. The number of hydrogen-bond donors (Lipinski definition) is 2. The largest absolute Gasteiger partial charge is 0.399 e. The van der Waals surface area contributed by atoms with Gasteiger partial charge in [-0.05, 0) is 29.8 Å². The summed E-state index contributed by atoms with van der Waals surface area (Å²) < 4.78 is 0.850. The zero-order valence-electron chi connectivity index (χ0n) is 10.6. The van der Waals surface area contributed by atoms with Gasteiger partial charge in [-0.15, -0.1) is 0 Å². The summed E-state index contributed by atoms with van der Waals surface area (Å²) in [6.07, 6.45) is 0. The summed E-state index contributed by atoms with van der Waals surface area (Å²) in [4.78, 5) is 14.6. The summed E-state index contributed by atoms with van der Waals surface area (Å²) >= 11 is 0. The topological polar surface area (TPSA) is 61.9 Å². The second kappa shape index (κ2) is 4.24. The number of anilines is 1. The molecular formula is C15H14N3O+. The first-order valence-electron chi connectivity index (χ1n) is 6.03. The van der Waals surface area contributed by atoms with Crippen molar-refractivity contribution in [3.05, 3.63) is 53.4 Å². The van der Waals surface area contributed by atoms with Gasteiger partial charge in [-0.25, -0.2) is 0 Å². The van der Waals surface area contributed by atoms with Gasteiger partial charge in [-0.3, -0.25) is 0 Å². The first-order chi connectivity index (χ1) is 9.13. The van der Waals surface area contributed by atoms with Gasteiger partial charge in [0, 0.05) is 38.6 Å². The molecule has 0 aliphatic rings. The highest BCUT2D eigenvalue weighted by molar-refractivity contribution is 5.87. The van der Waals surface area contributed by atoms with Crippen LogP contribution in [0.4, 0.5) is 11.4 Å². The predicted octanol–water partition coefficient (Wildman–Crippen LogP) is 3.46. The van der Waals surface area contributed by atoms with Crippen LogP contribution in [0, 0.1) is 4.91 Å². The lowest BCUT2D eigenvalue weighted by Crippen LogP contribution is -1.89. The zero-order valence-corrected chi connectivity index (χ0v) is 10.6. The lowest BCUT2D eigenvalue weighted by atomic mass is 10.1. The molecule has 94 valence electrons. The highest BCUT2D eigenvalue weighted by Gasteiger charge is 2.09. The number of nitrogen functional groups attached to an aromatic ring is 1. The number of rotatable bonds is 2. The van der Waals surface area contributed by atoms with Gasteiger partial charge in [0.15, 0.2) is 7.05 Å². The maximum Gasteiger partial charge on any atom is 0.257 e. The van der Waals surface area contributed by atoms with E-state index in [0.29, 0.717) is 5.69 Å². The van der Waals surface area contributed by atoms with Crippen LogP contribution in [0.15, 0.2) is 48.5 Å². The predicted molar refractivity (Wildman–Crippen MR) is 77.4 cm³/mol. The Bertz CT molecular complexity index is 757. The molecule has 1 aromatic heterocycles. The third-order valence-corrected chi connectivity index (χ3v) is 3.19. The SMILES string of the molecule is C[N+](=O)c1ccc2cc(-c3ccc(N)cc3)[nH]c2c1. The van der Waals surface area contributed by atoms with Crippen molar-refractivity contribution in [2.24, 2.45) is 0 Å². The van der Waals surface area contributed by atoms with Crippen LogP contribution >= 0.6 is 0 Å². The summed E-state index contributed by atoms with van der Waals surface area (Å²) in [5.41, 5.74) is 10.1. The first kappa shape index (κ1) is 11.5. The Balaban J connectivity index is 2.11. The minimum Gasteiger partial charge on any atom is -0.399 e. The molecule has 0 spiro atoms. The molecule has 4 heteroatoms. The first-order valence-corrected chi connectivity index (χ1v) is 6.03. The Morgan fingerprint density at radius 1 is 1.05 bits per heavy atom. The van der Waals surface area contributed by atoms with Crippen molar-refractivity contribution in [2.45, 2.75) is 0 Å². The van der Waals surface area contributed by atoms with Crippen molar-refractivity contribution in [1.29, 1.82) is 0 Å². The van der Waals surface area contributed by atoms with E-state index >= 15 is 0 Å². The van der Waals surface area contributed by atoms with E-state index in [-0.39, 0.29) is 0 Å². The van der Waals surface area contributed by atoms with Crippen molar-refractivity contribution in [1.82, 2.24) is 4.98 Å². The van der Waals surface area contributed by atoms with E-state index in [1.54, 1.807) is 0 Å². The minimum absolute atomic E-state index is 0.637. The summed E-state index contributed by atoms with van der Waals surface area (Å²) in [7, 11) is 1.49. The summed E-state index contributed by atoms with van der Waals surface area (Å²) in [6.45, 7) is 0. The van der Waals surface area contributed by atoms with Gasteiger partial charge in [-0.1, -0.05) is 12.1 Å². The monoisotopic (exact) mass is 252 g/mol. The molecule has 19 heavy (non-hydrogen) atoms. The Kier molecular flexibility index (Phi) is 2.56. The molecule has 3 N–H and O–H groups in total. The van der Waals surface area contributed by atoms with Crippen LogP contribution in [0.5, 0.6) is 0 Å². The number of benzene rings is 2. The molecule has 3 aromatic rings. The molecule has 0 amide bonds. The van der Waals surface area contributed by atoms with Crippen LogP contribution in [0.2, 0.25) is 0 Å². The Morgan fingerprint density at radius 3 is 2.47 bits per heavy atom. The second-order valence-corrected chi connectivity index (χ2v) is 4.57.